The lowest BCUT2D eigenvalue weighted by molar-refractivity contribution is -0.135. The van der Waals surface area contributed by atoms with Crippen molar-refractivity contribution in [1.82, 2.24) is 0 Å². The summed E-state index contributed by atoms with van der Waals surface area (Å²) in [7, 11) is -2.24. The van der Waals surface area contributed by atoms with E-state index in [2.05, 4.69) is 15.9 Å². The zero-order valence-corrected chi connectivity index (χ0v) is 17.2. The monoisotopic (exact) mass is 442 g/mol. The summed E-state index contributed by atoms with van der Waals surface area (Å²) >= 11 is 3.40. The number of sulfone groups is 1. The summed E-state index contributed by atoms with van der Waals surface area (Å²) in [5, 5.41) is 0. The standard InChI is InChI=1S/C18H19BrO6S/c1-8-9(5-6-12(16(8)25-3)26(4,23)24)14(20)13-15(21)10-7-11(10)18(2,19)17(13)22/h5-6,10-11,13H,7H2,1-4H3. The van der Waals surface area contributed by atoms with Crippen molar-refractivity contribution in [1.29, 1.82) is 0 Å². The molecule has 8 heteroatoms. The molecule has 3 rings (SSSR count). The molecule has 0 aliphatic heterocycles. The van der Waals surface area contributed by atoms with Crippen LogP contribution in [0.5, 0.6) is 5.75 Å². The molecule has 0 saturated heterocycles. The maximum Gasteiger partial charge on any atom is 0.181 e. The van der Waals surface area contributed by atoms with Gasteiger partial charge in [0.05, 0.1) is 11.4 Å². The van der Waals surface area contributed by atoms with Crippen LogP contribution in [0, 0.1) is 24.7 Å². The predicted octanol–water partition coefficient (Wildman–Crippen LogP) is 2.15. The fourth-order valence-corrected chi connectivity index (χ4v) is 5.42. The summed E-state index contributed by atoms with van der Waals surface area (Å²) in [5.41, 5.74) is 0.429. The van der Waals surface area contributed by atoms with Gasteiger partial charge in [-0.25, -0.2) is 8.42 Å². The van der Waals surface area contributed by atoms with Gasteiger partial charge < -0.3 is 4.74 Å². The molecule has 2 aliphatic rings. The van der Waals surface area contributed by atoms with Crippen molar-refractivity contribution in [2.75, 3.05) is 13.4 Å². The fourth-order valence-electron chi connectivity index (χ4n) is 3.80. The number of carbonyl (C=O) groups is 3. The number of rotatable bonds is 4. The van der Waals surface area contributed by atoms with Gasteiger partial charge in [0.2, 0.25) is 0 Å². The van der Waals surface area contributed by atoms with E-state index in [9.17, 15) is 22.8 Å². The number of halogens is 1. The van der Waals surface area contributed by atoms with Gasteiger partial charge in [0.1, 0.15) is 16.6 Å². The van der Waals surface area contributed by atoms with E-state index in [0.29, 0.717) is 12.0 Å². The van der Waals surface area contributed by atoms with Crippen molar-refractivity contribution in [3.05, 3.63) is 23.3 Å². The number of alkyl halides is 1. The van der Waals surface area contributed by atoms with E-state index in [1.807, 2.05) is 0 Å². The molecule has 4 atom stereocenters. The van der Waals surface area contributed by atoms with Gasteiger partial charge in [0.25, 0.3) is 0 Å². The second-order valence-electron chi connectivity index (χ2n) is 7.13. The molecule has 0 heterocycles. The van der Waals surface area contributed by atoms with Crippen LogP contribution in [0.15, 0.2) is 17.0 Å². The smallest absolute Gasteiger partial charge is 0.181 e. The van der Waals surface area contributed by atoms with Crippen LogP contribution < -0.4 is 4.74 Å². The van der Waals surface area contributed by atoms with Gasteiger partial charge in [-0.2, -0.15) is 0 Å². The summed E-state index contributed by atoms with van der Waals surface area (Å²) < 4.78 is 28.1. The molecule has 2 fully saturated rings. The van der Waals surface area contributed by atoms with Gasteiger partial charge in [0, 0.05) is 23.3 Å². The molecule has 0 bridgehead atoms. The number of methoxy groups -OCH3 is 1. The molecule has 1 aromatic rings. The van der Waals surface area contributed by atoms with Crippen molar-refractivity contribution in [2.45, 2.75) is 29.5 Å². The highest BCUT2D eigenvalue weighted by Crippen LogP contribution is 2.57. The van der Waals surface area contributed by atoms with Gasteiger partial charge in [-0.3, -0.25) is 14.4 Å². The fraction of sp³-hybridized carbons (Fsp3) is 0.500. The molecule has 0 spiro atoms. The first kappa shape index (κ1) is 19.2. The first-order chi connectivity index (χ1) is 11.9. The van der Waals surface area contributed by atoms with E-state index in [0.717, 1.165) is 6.26 Å². The van der Waals surface area contributed by atoms with Crippen LogP contribution in [-0.2, 0) is 19.4 Å². The third kappa shape index (κ3) is 2.74. The van der Waals surface area contributed by atoms with Crippen molar-refractivity contribution in [3.63, 3.8) is 0 Å². The Hall–Kier alpha value is -1.54. The van der Waals surface area contributed by atoms with Gasteiger partial charge in [-0.15, -0.1) is 0 Å². The van der Waals surface area contributed by atoms with E-state index in [1.54, 1.807) is 13.8 Å². The number of fused-ring (bicyclic) bond motifs is 1. The minimum Gasteiger partial charge on any atom is -0.495 e. The Bertz CT molecular complexity index is 947. The summed E-state index contributed by atoms with van der Waals surface area (Å²) in [4.78, 5) is 38.4. The molecule has 26 heavy (non-hydrogen) atoms. The van der Waals surface area contributed by atoms with E-state index in [1.165, 1.54) is 19.2 Å². The Balaban J connectivity index is 2.08. The van der Waals surface area contributed by atoms with Gasteiger partial charge in [-0.1, -0.05) is 15.9 Å². The number of benzene rings is 1. The van der Waals surface area contributed by atoms with Crippen molar-refractivity contribution >= 4 is 43.1 Å². The molecular formula is C18H19BrO6S. The van der Waals surface area contributed by atoms with Crippen LogP contribution in [-0.4, -0.2) is 43.5 Å². The largest absolute Gasteiger partial charge is 0.495 e. The first-order valence-electron chi connectivity index (χ1n) is 8.11. The minimum absolute atomic E-state index is 0.0389. The number of hydrogen-bond acceptors (Lipinski definition) is 6. The second-order valence-corrected chi connectivity index (χ2v) is 10.8. The van der Waals surface area contributed by atoms with E-state index in [4.69, 9.17) is 4.74 Å². The summed E-state index contributed by atoms with van der Waals surface area (Å²) in [6, 6.07) is 2.63. The van der Waals surface area contributed by atoms with E-state index >= 15 is 0 Å². The summed E-state index contributed by atoms with van der Waals surface area (Å²) in [5.74, 6) is -3.02. The van der Waals surface area contributed by atoms with Gasteiger partial charge in [0.15, 0.2) is 27.2 Å². The average molecular weight is 443 g/mol. The second kappa shape index (κ2) is 5.99. The van der Waals surface area contributed by atoms with Crippen LogP contribution in [0.25, 0.3) is 0 Å². The van der Waals surface area contributed by atoms with Crippen LogP contribution >= 0.6 is 15.9 Å². The molecular weight excluding hydrogens is 424 g/mol. The number of hydrogen-bond donors (Lipinski definition) is 0. The Labute approximate surface area is 160 Å². The molecule has 140 valence electrons. The van der Waals surface area contributed by atoms with Crippen molar-refractivity contribution in [3.8, 4) is 5.75 Å². The number of ketones is 3. The Morgan fingerprint density at radius 1 is 1.31 bits per heavy atom. The van der Waals surface area contributed by atoms with Crippen LogP contribution in [0.2, 0.25) is 0 Å². The lowest BCUT2D eigenvalue weighted by Crippen LogP contribution is -2.49. The van der Waals surface area contributed by atoms with Gasteiger partial charge >= 0.3 is 0 Å². The molecule has 4 unspecified atom stereocenters. The SMILES string of the molecule is COc1c(S(C)(=O)=O)ccc(C(=O)C2C(=O)C3CC3C(C)(Br)C2=O)c1C. The molecule has 0 amide bonds. The molecule has 0 N–H and O–H groups in total. The third-order valence-electron chi connectivity index (χ3n) is 5.38. The highest BCUT2D eigenvalue weighted by molar-refractivity contribution is 9.10. The lowest BCUT2D eigenvalue weighted by Gasteiger charge is -2.30. The van der Waals surface area contributed by atoms with Crippen LogP contribution in [0.3, 0.4) is 0 Å². The lowest BCUT2D eigenvalue weighted by atomic mass is 9.76. The topological polar surface area (TPSA) is 94.6 Å². The zero-order chi connectivity index (χ0) is 19.6. The van der Waals surface area contributed by atoms with Crippen molar-refractivity contribution < 1.29 is 27.5 Å². The normalized spacial score (nSPS) is 30.7. The molecule has 6 nitrogen and oxygen atoms in total. The highest BCUT2D eigenvalue weighted by atomic mass is 79.9. The summed E-state index contributed by atoms with van der Waals surface area (Å²) in [6.07, 6.45) is 1.65. The summed E-state index contributed by atoms with van der Waals surface area (Å²) in [6.45, 7) is 3.25. The number of ether oxygens (including phenoxy) is 1. The number of Topliss-reactive ketones (excluding diaryl/α,β-unsaturated/α-hetero) is 3. The maximum atomic E-state index is 13.1. The number of carbonyl (C=O) groups excluding carboxylic acids is 3. The third-order valence-corrected chi connectivity index (χ3v) is 7.48. The van der Waals surface area contributed by atoms with Crippen LogP contribution in [0.4, 0.5) is 0 Å². The van der Waals surface area contributed by atoms with Crippen LogP contribution in [0.1, 0.15) is 29.3 Å². The minimum atomic E-state index is -3.56. The molecule has 0 aromatic heterocycles. The molecule has 2 aliphatic carbocycles. The highest BCUT2D eigenvalue weighted by Gasteiger charge is 2.65. The predicted molar refractivity (Wildman–Crippen MR) is 97.6 cm³/mol. The molecule has 1 aromatic carbocycles. The molecule has 2 saturated carbocycles. The Morgan fingerprint density at radius 2 is 1.92 bits per heavy atom. The quantitative estimate of drug-likeness (QED) is 0.402. The van der Waals surface area contributed by atoms with Gasteiger partial charge in [-0.05, 0) is 38.3 Å². The van der Waals surface area contributed by atoms with Crippen molar-refractivity contribution in [2.24, 2.45) is 17.8 Å². The zero-order valence-electron chi connectivity index (χ0n) is 14.8. The average Bonchev–Trinajstić information content (AvgIpc) is 3.34. The molecule has 0 radical (unpaired) electrons. The first-order valence-corrected chi connectivity index (χ1v) is 10.8. The Kier molecular flexibility index (Phi) is 4.43. The van der Waals surface area contributed by atoms with E-state index < -0.39 is 31.6 Å². The maximum absolute atomic E-state index is 13.1. The Morgan fingerprint density at radius 3 is 2.46 bits per heavy atom. The van der Waals surface area contributed by atoms with E-state index in [-0.39, 0.29) is 33.8 Å².